The van der Waals surface area contributed by atoms with Gasteiger partial charge in [-0.25, -0.2) is 9.78 Å². The normalized spacial score (nSPS) is 11.7. The van der Waals surface area contributed by atoms with E-state index in [2.05, 4.69) is 4.98 Å². The van der Waals surface area contributed by atoms with Crippen LogP contribution < -0.4 is 10.5 Å². The number of benzene rings is 2. The molecule has 3 aromatic rings. The number of hydrogen-bond acceptors (Lipinski definition) is 6. The molecule has 0 aliphatic rings. The van der Waals surface area contributed by atoms with Crippen molar-refractivity contribution in [3.8, 4) is 17.0 Å². The Morgan fingerprint density at radius 1 is 1.15 bits per heavy atom. The van der Waals surface area contributed by atoms with Crippen molar-refractivity contribution in [1.82, 2.24) is 4.98 Å². The summed E-state index contributed by atoms with van der Waals surface area (Å²) in [4.78, 5) is 16.5. The van der Waals surface area contributed by atoms with E-state index in [0.717, 1.165) is 16.8 Å². The van der Waals surface area contributed by atoms with Gasteiger partial charge in [-0.3, -0.25) is 0 Å². The van der Waals surface area contributed by atoms with Gasteiger partial charge in [0, 0.05) is 10.9 Å². The number of hydrogen-bond donors (Lipinski definition) is 1. The van der Waals surface area contributed by atoms with Crippen LogP contribution in [0.5, 0.6) is 5.75 Å². The average molecular weight is 368 g/mol. The number of aromatic nitrogens is 1. The maximum atomic E-state index is 12.3. The van der Waals surface area contributed by atoms with E-state index in [1.54, 1.807) is 0 Å². The number of rotatable bonds is 7. The Balaban J connectivity index is 1.59. The van der Waals surface area contributed by atoms with Crippen LogP contribution in [0.2, 0.25) is 0 Å². The van der Waals surface area contributed by atoms with Crippen molar-refractivity contribution in [1.29, 1.82) is 0 Å². The molecule has 1 atom stereocenters. The van der Waals surface area contributed by atoms with Gasteiger partial charge in [0.05, 0.1) is 5.69 Å². The summed E-state index contributed by atoms with van der Waals surface area (Å²) in [5.41, 5.74) is 8.39. The van der Waals surface area contributed by atoms with Crippen LogP contribution in [0.3, 0.4) is 0 Å². The van der Waals surface area contributed by atoms with E-state index in [1.807, 2.05) is 66.9 Å². The highest BCUT2D eigenvalue weighted by molar-refractivity contribution is 7.13. The summed E-state index contributed by atoms with van der Waals surface area (Å²) < 4.78 is 11.2. The van der Waals surface area contributed by atoms with Crippen molar-refractivity contribution < 1.29 is 14.3 Å². The predicted octanol–water partition coefficient (Wildman–Crippen LogP) is 4.29. The third-order valence-corrected chi connectivity index (χ3v) is 4.48. The second-order valence-electron chi connectivity index (χ2n) is 5.70. The van der Waals surface area contributed by atoms with E-state index in [9.17, 15) is 4.79 Å². The maximum Gasteiger partial charge on any atom is 0.347 e. The van der Waals surface area contributed by atoms with Crippen molar-refractivity contribution in [3.05, 3.63) is 65.5 Å². The molecule has 5 nitrogen and oxygen atoms in total. The van der Waals surface area contributed by atoms with Crippen LogP contribution in [-0.2, 0) is 16.1 Å². The molecular formula is C20H20N2O3S. The van der Waals surface area contributed by atoms with Gasteiger partial charge in [-0.1, -0.05) is 37.3 Å². The molecule has 0 saturated heterocycles. The Kier molecular flexibility index (Phi) is 5.86. The third kappa shape index (κ3) is 4.61. The zero-order valence-electron chi connectivity index (χ0n) is 14.4. The number of carbonyl (C=O) groups is 1. The molecule has 134 valence electrons. The molecule has 0 saturated carbocycles. The molecule has 0 radical (unpaired) electrons. The third-order valence-electron chi connectivity index (χ3n) is 3.81. The van der Waals surface area contributed by atoms with Crippen LogP contribution in [0.25, 0.3) is 11.3 Å². The van der Waals surface area contributed by atoms with Crippen LogP contribution in [0, 0.1) is 0 Å². The lowest BCUT2D eigenvalue weighted by Crippen LogP contribution is -2.28. The molecule has 2 aromatic carbocycles. The fourth-order valence-electron chi connectivity index (χ4n) is 2.41. The molecule has 0 fully saturated rings. The van der Waals surface area contributed by atoms with E-state index in [-0.39, 0.29) is 12.6 Å². The zero-order valence-corrected chi connectivity index (χ0v) is 15.2. The maximum absolute atomic E-state index is 12.3. The van der Waals surface area contributed by atoms with Gasteiger partial charge in [-0.05, 0) is 36.2 Å². The number of nitrogen functional groups attached to an aromatic ring is 1. The van der Waals surface area contributed by atoms with Crippen molar-refractivity contribution in [3.63, 3.8) is 0 Å². The van der Waals surface area contributed by atoms with Crippen LogP contribution in [0.15, 0.2) is 60.0 Å². The minimum absolute atomic E-state index is 0.240. The molecule has 0 aliphatic carbocycles. The first-order chi connectivity index (χ1) is 12.7. The van der Waals surface area contributed by atoms with Crippen molar-refractivity contribution in [2.75, 3.05) is 5.73 Å². The minimum Gasteiger partial charge on any atom is -0.479 e. The Hall–Kier alpha value is -2.86. The van der Waals surface area contributed by atoms with E-state index in [4.69, 9.17) is 15.2 Å². The second kappa shape index (κ2) is 8.49. The number of carbonyl (C=O) groups excluding carboxylic acids is 1. The van der Waals surface area contributed by atoms with Crippen LogP contribution in [0.1, 0.15) is 18.9 Å². The molecule has 0 bridgehead atoms. The SMILES string of the molecule is CCC(Oc1ccc(-c2csc(N)n2)cc1)C(=O)OCc1ccccc1. The lowest BCUT2D eigenvalue weighted by molar-refractivity contribution is -0.153. The molecule has 26 heavy (non-hydrogen) atoms. The predicted molar refractivity (Wildman–Crippen MR) is 103 cm³/mol. The Morgan fingerprint density at radius 2 is 1.88 bits per heavy atom. The number of anilines is 1. The Bertz CT molecular complexity index is 847. The summed E-state index contributed by atoms with van der Waals surface area (Å²) in [6.07, 6.45) is -0.114. The Labute approximate surface area is 156 Å². The molecule has 1 unspecified atom stereocenters. The topological polar surface area (TPSA) is 74.4 Å². The molecule has 2 N–H and O–H groups in total. The first-order valence-electron chi connectivity index (χ1n) is 8.34. The molecule has 0 aliphatic heterocycles. The van der Waals surface area contributed by atoms with Gasteiger partial charge in [0.1, 0.15) is 12.4 Å². The van der Waals surface area contributed by atoms with Crippen molar-refractivity contribution in [2.45, 2.75) is 26.1 Å². The van der Waals surface area contributed by atoms with Crippen LogP contribution in [0.4, 0.5) is 5.13 Å². The number of ether oxygens (including phenoxy) is 2. The standard InChI is InChI=1S/C20H20N2O3S/c1-2-18(19(23)24-12-14-6-4-3-5-7-14)25-16-10-8-15(9-11-16)17-13-26-20(21)22-17/h3-11,13,18H,2,12H2,1H3,(H2,21,22). The van der Waals surface area contributed by atoms with Crippen molar-refractivity contribution in [2.24, 2.45) is 0 Å². The lowest BCUT2D eigenvalue weighted by Gasteiger charge is -2.16. The van der Waals surface area contributed by atoms with Gasteiger partial charge in [-0.15, -0.1) is 11.3 Å². The molecular weight excluding hydrogens is 348 g/mol. The van der Waals surface area contributed by atoms with Crippen LogP contribution >= 0.6 is 11.3 Å². The van der Waals surface area contributed by atoms with E-state index >= 15 is 0 Å². The number of nitrogens with zero attached hydrogens (tertiary/aromatic N) is 1. The molecule has 0 amide bonds. The highest BCUT2D eigenvalue weighted by atomic mass is 32.1. The van der Waals surface area contributed by atoms with Gasteiger partial charge in [-0.2, -0.15) is 0 Å². The van der Waals surface area contributed by atoms with Crippen molar-refractivity contribution >= 4 is 22.4 Å². The summed E-state index contributed by atoms with van der Waals surface area (Å²) in [7, 11) is 0. The summed E-state index contributed by atoms with van der Waals surface area (Å²) >= 11 is 1.40. The first kappa shape index (κ1) is 17.9. The second-order valence-corrected chi connectivity index (χ2v) is 6.59. The number of nitrogens with two attached hydrogens (primary N) is 1. The van der Waals surface area contributed by atoms with Gasteiger partial charge < -0.3 is 15.2 Å². The fourth-order valence-corrected chi connectivity index (χ4v) is 2.98. The summed E-state index contributed by atoms with van der Waals surface area (Å²) in [6, 6.07) is 17.0. The monoisotopic (exact) mass is 368 g/mol. The summed E-state index contributed by atoms with van der Waals surface area (Å²) in [6.45, 7) is 2.13. The summed E-state index contributed by atoms with van der Waals surface area (Å²) in [5, 5.41) is 2.44. The highest BCUT2D eigenvalue weighted by Crippen LogP contribution is 2.25. The average Bonchev–Trinajstić information content (AvgIpc) is 3.12. The van der Waals surface area contributed by atoms with E-state index < -0.39 is 6.10 Å². The zero-order chi connectivity index (χ0) is 18.4. The molecule has 6 heteroatoms. The van der Waals surface area contributed by atoms with Gasteiger partial charge >= 0.3 is 5.97 Å². The van der Waals surface area contributed by atoms with Gasteiger partial charge in [0.15, 0.2) is 11.2 Å². The summed E-state index contributed by atoms with van der Waals surface area (Å²) in [5.74, 6) is 0.244. The highest BCUT2D eigenvalue weighted by Gasteiger charge is 2.20. The quantitative estimate of drug-likeness (QED) is 0.630. The van der Waals surface area contributed by atoms with E-state index in [1.165, 1.54) is 11.3 Å². The lowest BCUT2D eigenvalue weighted by atomic mass is 10.1. The molecule has 3 rings (SSSR count). The van der Waals surface area contributed by atoms with E-state index in [0.29, 0.717) is 17.3 Å². The van der Waals surface area contributed by atoms with Crippen LogP contribution in [-0.4, -0.2) is 17.1 Å². The molecule has 0 spiro atoms. The minimum atomic E-state index is -0.639. The largest absolute Gasteiger partial charge is 0.479 e. The van der Waals surface area contributed by atoms with Gasteiger partial charge in [0.25, 0.3) is 0 Å². The smallest absolute Gasteiger partial charge is 0.347 e. The first-order valence-corrected chi connectivity index (χ1v) is 9.22. The van der Waals surface area contributed by atoms with Gasteiger partial charge in [0.2, 0.25) is 0 Å². The fraction of sp³-hybridized carbons (Fsp3) is 0.200. The Morgan fingerprint density at radius 3 is 2.50 bits per heavy atom. The number of esters is 1. The molecule has 1 aromatic heterocycles. The number of thiazole rings is 1. The molecule has 1 heterocycles.